The van der Waals surface area contributed by atoms with Crippen LogP contribution in [0.2, 0.25) is 0 Å². The molecule has 8 heteroatoms. The van der Waals surface area contributed by atoms with Crippen LogP contribution >= 0.6 is 11.8 Å². The van der Waals surface area contributed by atoms with Crippen LogP contribution in [0.25, 0.3) is 0 Å². The largest absolute Gasteiger partial charge is 0.355 e. The van der Waals surface area contributed by atoms with E-state index in [-0.39, 0.29) is 16.7 Å². The quantitative estimate of drug-likeness (QED) is 0.779. The van der Waals surface area contributed by atoms with E-state index in [1.165, 1.54) is 0 Å². The Labute approximate surface area is 169 Å². The molecule has 6 nitrogen and oxygen atoms in total. The summed E-state index contributed by atoms with van der Waals surface area (Å²) >= 11 is 1.65. The molecule has 2 aromatic rings. The Morgan fingerprint density at radius 1 is 1.18 bits per heavy atom. The number of carbonyl (C=O) groups excluding carboxylic acids is 1. The maximum absolute atomic E-state index is 12.8. The van der Waals surface area contributed by atoms with Crippen LogP contribution in [0, 0.1) is 5.92 Å². The molecule has 1 amide bonds. The molecule has 0 radical (unpaired) electrons. The highest BCUT2D eigenvalue weighted by molar-refractivity contribution is 7.98. The molecule has 0 bridgehead atoms. The Hall–Kier alpha value is -2.32. The smallest absolute Gasteiger partial charge is 0.285 e. The zero-order chi connectivity index (χ0) is 19.7. The van der Waals surface area contributed by atoms with E-state index in [0.29, 0.717) is 24.5 Å². The topological polar surface area (TPSA) is 78.8 Å². The first-order chi connectivity index (χ1) is 13.5. The van der Waals surface area contributed by atoms with E-state index in [4.69, 9.17) is 0 Å². The minimum absolute atomic E-state index is 0.0451. The van der Waals surface area contributed by atoms with Crippen LogP contribution in [-0.4, -0.2) is 44.4 Å². The predicted molar refractivity (Wildman–Crippen MR) is 111 cm³/mol. The molecular weight excluding hydrogens is 394 g/mol. The number of amidine groups is 1. The van der Waals surface area contributed by atoms with Crippen LogP contribution in [0.15, 0.2) is 62.7 Å². The maximum atomic E-state index is 12.8. The minimum Gasteiger partial charge on any atom is -0.355 e. The molecule has 1 unspecified atom stereocenters. The number of carbonyl (C=O) groups is 1. The Balaban J connectivity index is 1.49. The SMILES string of the molecule is CSc1ccc(NC(=O)C2CCCN(C3=NS(=O)(=O)c4ccccc43)C2)cc1. The first-order valence-electron chi connectivity index (χ1n) is 9.12. The van der Waals surface area contributed by atoms with Crippen molar-refractivity contribution < 1.29 is 13.2 Å². The van der Waals surface area contributed by atoms with Gasteiger partial charge in [-0.3, -0.25) is 4.79 Å². The van der Waals surface area contributed by atoms with Gasteiger partial charge in [0.2, 0.25) is 5.91 Å². The van der Waals surface area contributed by atoms with Gasteiger partial charge in [-0.05, 0) is 55.5 Å². The number of hydrogen-bond acceptors (Lipinski definition) is 5. The van der Waals surface area contributed by atoms with Crippen molar-refractivity contribution >= 4 is 39.2 Å². The number of hydrogen-bond donors (Lipinski definition) is 1. The van der Waals surface area contributed by atoms with Crippen LogP contribution in [0.5, 0.6) is 0 Å². The molecule has 2 aliphatic rings. The molecule has 146 valence electrons. The summed E-state index contributed by atoms with van der Waals surface area (Å²) in [4.78, 5) is 16.1. The lowest BCUT2D eigenvalue weighted by molar-refractivity contribution is -0.121. The summed E-state index contributed by atoms with van der Waals surface area (Å²) < 4.78 is 28.6. The predicted octanol–water partition coefficient (Wildman–Crippen LogP) is 3.21. The van der Waals surface area contributed by atoms with E-state index in [9.17, 15) is 13.2 Å². The number of nitrogens with one attached hydrogen (secondary N) is 1. The fourth-order valence-corrected chi connectivity index (χ4v) is 5.25. The van der Waals surface area contributed by atoms with Gasteiger partial charge in [-0.1, -0.05) is 12.1 Å². The normalized spacial score (nSPS) is 20.4. The van der Waals surface area contributed by atoms with E-state index >= 15 is 0 Å². The summed E-state index contributed by atoms with van der Waals surface area (Å²) in [6.45, 7) is 1.15. The third-order valence-electron chi connectivity index (χ3n) is 5.06. The molecule has 2 aliphatic heterocycles. The van der Waals surface area contributed by atoms with E-state index in [1.54, 1.807) is 30.0 Å². The number of thioether (sulfide) groups is 1. The molecule has 0 saturated carbocycles. The molecule has 2 heterocycles. The number of piperidine rings is 1. The lowest BCUT2D eigenvalue weighted by Crippen LogP contribution is -2.43. The second kappa shape index (κ2) is 7.60. The van der Waals surface area contributed by atoms with Crippen LogP contribution in [0.3, 0.4) is 0 Å². The molecular formula is C20H21N3O3S2. The highest BCUT2D eigenvalue weighted by Gasteiger charge is 2.35. The molecule has 0 aliphatic carbocycles. The number of likely N-dealkylation sites (tertiary alicyclic amines) is 1. The molecule has 0 spiro atoms. The number of anilines is 1. The van der Waals surface area contributed by atoms with Gasteiger partial charge in [0.25, 0.3) is 10.0 Å². The average molecular weight is 416 g/mol. The summed E-state index contributed by atoms with van der Waals surface area (Å²) in [6.07, 6.45) is 3.59. The number of rotatable bonds is 3. The molecule has 2 aromatic carbocycles. The molecule has 1 N–H and O–H groups in total. The highest BCUT2D eigenvalue weighted by atomic mass is 32.2. The summed E-state index contributed by atoms with van der Waals surface area (Å²) in [5.74, 6) is 0.195. The molecule has 1 atom stereocenters. The lowest BCUT2D eigenvalue weighted by Gasteiger charge is -2.33. The maximum Gasteiger partial charge on any atom is 0.285 e. The Kier molecular flexibility index (Phi) is 5.16. The molecule has 1 fully saturated rings. The number of amides is 1. The minimum atomic E-state index is -3.65. The van der Waals surface area contributed by atoms with E-state index in [1.807, 2.05) is 41.5 Å². The number of benzene rings is 2. The van der Waals surface area contributed by atoms with Crippen molar-refractivity contribution in [2.75, 3.05) is 24.7 Å². The van der Waals surface area contributed by atoms with Gasteiger partial charge in [0.15, 0.2) is 5.84 Å². The van der Waals surface area contributed by atoms with Gasteiger partial charge in [-0.25, -0.2) is 0 Å². The van der Waals surface area contributed by atoms with Crippen molar-refractivity contribution in [3.05, 3.63) is 54.1 Å². The van der Waals surface area contributed by atoms with E-state index < -0.39 is 10.0 Å². The second-order valence-corrected chi connectivity index (χ2v) is 9.34. The van der Waals surface area contributed by atoms with E-state index in [2.05, 4.69) is 9.71 Å². The van der Waals surface area contributed by atoms with Gasteiger partial charge in [-0.15, -0.1) is 16.2 Å². The Bertz CT molecular complexity index is 1030. The summed E-state index contributed by atoms with van der Waals surface area (Å²) in [7, 11) is -3.65. The van der Waals surface area contributed by atoms with Crippen LogP contribution in [-0.2, 0) is 14.8 Å². The van der Waals surface area contributed by atoms with Crippen molar-refractivity contribution in [3.8, 4) is 0 Å². The third-order valence-corrected chi connectivity index (χ3v) is 7.13. The van der Waals surface area contributed by atoms with Gasteiger partial charge in [0.05, 0.1) is 5.92 Å². The number of sulfonamides is 1. The van der Waals surface area contributed by atoms with E-state index in [0.717, 1.165) is 23.4 Å². The first kappa shape index (κ1) is 19.0. The Morgan fingerprint density at radius 2 is 1.93 bits per heavy atom. The summed E-state index contributed by atoms with van der Waals surface area (Å²) in [5, 5.41) is 2.98. The first-order valence-corrected chi connectivity index (χ1v) is 11.8. The van der Waals surface area contributed by atoms with Crippen molar-refractivity contribution in [2.24, 2.45) is 10.3 Å². The molecule has 1 saturated heterocycles. The number of nitrogens with zero attached hydrogens (tertiary/aromatic N) is 2. The molecule has 4 rings (SSSR count). The lowest BCUT2D eigenvalue weighted by atomic mass is 9.96. The average Bonchev–Trinajstić information content (AvgIpc) is 3.00. The van der Waals surface area contributed by atoms with Gasteiger partial charge >= 0.3 is 0 Å². The van der Waals surface area contributed by atoms with Gasteiger partial charge in [-0.2, -0.15) is 8.42 Å². The van der Waals surface area contributed by atoms with Crippen molar-refractivity contribution in [1.29, 1.82) is 0 Å². The summed E-state index contributed by atoms with van der Waals surface area (Å²) in [5.41, 5.74) is 1.39. The van der Waals surface area contributed by atoms with Crippen LogP contribution in [0.1, 0.15) is 18.4 Å². The highest BCUT2D eigenvalue weighted by Crippen LogP contribution is 2.30. The van der Waals surface area contributed by atoms with Crippen molar-refractivity contribution in [2.45, 2.75) is 22.6 Å². The van der Waals surface area contributed by atoms with Gasteiger partial charge < -0.3 is 10.2 Å². The molecule has 0 aromatic heterocycles. The zero-order valence-corrected chi connectivity index (χ0v) is 17.1. The zero-order valence-electron chi connectivity index (χ0n) is 15.5. The van der Waals surface area contributed by atoms with Crippen LogP contribution < -0.4 is 5.32 Å². The molecule has 28 heavy (non-hydrogen) atoms. The fourth-order valence-electron chi connectivity index (χ4n) is 3.62. The van der Waals surface area contributed by atoms with Crippen molar-refractivity contribution in [1.82, 2.24) is 4.90 Å². The third kappa shape index (κ3) is 3.66. The Morgan fingerprint density at radius 3 is 2.68 bits per heavy atom. The summed E-state index contributed by atoms with van der Waals surface area (Å²) in [6, 6.07) is 14.6. The fraction of sp³-hybridized carbons (Fsp3) is 0.300. The van der Waals surface area contributed by atoms with Crippen molar-refractivity contribution in [3.63, 3.8) is 0 Å². The standard InChI is InChI=1S/C20H21N3O3S2/c1-27-16-10-8-15(9-11-16)21-20(24)14-5-4-12-23(13-14)19-17-6-2-3-7-18(17)28(25,26)22-19/h2-3,6-11,14H,4-5,12-13H2,1H3,(H,21,24). The van der Waals surface area contributed by atoms with Gasteiger partial charge in [0, 0.05) is 29.2 Å². The monoisotopic (exact) mass is 415 g/mol. The van der Waals surface area contributed by atoms with Gasteiger partial charge in [0.1, 0.15) is 4.90 Å². The number of fused-ring (bicyclic) bond motifs is 1. The van der Waals surface area contributed by atoms with Crippen LogP contribution in [0.4, 0.5) is 5.69 Å². The second-order valence-electron chi connectivity index (χ2n) is 6.89.